The molecule has 0 saturated heterocycles. The second-order valence-corrected chi connectivity index (χ2v) is 6.94. The van der Waals surface area contributed by atoms with Crippen LogP contribution in [0.1, 0.15) is 21.6 Å². The number of nitrogens with zero attached hydrogens (tertiary/aromatic N) is 3. The lowest BCUT2D eigenvalue weighted by atomic mass is 10.2. The van der Waals surface area contributed by atoms with E-state index in [0.29, 0.717) is 10.2 Å². The van der Waals surface area contributed by atoms with Gasteiger partial charge in [0.1, 0.15) is 24.1 Å². The average molecular weight is 471 g/mol. The maximum absolute atomic E-state index is 12.3. The number of anilines is 1. The van der Waals surface area contributed by atoms with Crippen LogP contribution in [0.5, 0.6) is 5.75 Å². The minimum absolute atomic E-state index is 0.000128. The summed E-state index contributed by atoms with van der Waals surface area (Å²) < 4.78 is 12.1. The zero-order valence-electron chi connectivity index (χ0n) is 15.7. The van der Waals surface area contributed by atoms with Crippen molar-refractivity contribution in [2.45, 2.75) is 6.61 Å². The minimum atomic E-state index is -0.835. The van der Waals surface area contributed by atoms with Gasteiger partial charge in [0, 0.05) is 18.3 Å². The largest absolute Gasteiger partial charge is 0.488 e. The fraction of sp³-hybridized carbons (Fsp3) is 0.100. The highest BCUT2D eigenvalue weighted by Crippen LogP contribution is 2.37. The molecule has 9 nitrogen and oxygen atoms in total. The van der Waals surface area contributed by atoms with Crippen molar-refractivity contribution in [3.63, 3.8) is 0 Å². The molecule has 0 radical (unpaired) electrons. The molecular formula is C20H15BrN4O5. The first-order valence-corrected chi connectivity index (χ1v) is 9.31. The van der Waals surface area contributed by atoms with Crippen molar-refractivity contribution in [1.29, 1.82) is 5.26 Å². The van der Waals surface area contributed by atoms with Crippen molar-refractivity contribution < 1.29 is 19.2 Å². The highest BCUT2D eigenvalue weighted by atomic mass is 79.9. The van der Waals surface area contributed by atoms with E-state index in [-0.39, 0.29) is 34.9 Å². The monoisotopic (exact) mass is 470 g/mol. The fourth-order valence-electron chi connectivity index (χ4n) is 2.82. The fourth-order valence-corrected chi connectivity index (χ4v) is 3.27. The van der Waals surface area contributed by atoms with Crippen LogP contribution in [-0.4, -0.2) is 22.6 Å². The Morgan fingerprint density at radius 2 is 2.03 bits per heavy atom. The molecule has 0 bridgehead atoms. The van der Waals surface area contributed by atoms with E-state index in [1.165, 1.54) is 22.9 Å². The molecule has 1 heterocycles. The van der Waals surface area contributed by atoms with Crippen molar-refractivity contribution in [2.24, 2.45) is 0 Å². The number of carbonyl (C=O) groups is 1. The van der Waals surface area contributed by atoms with Crippen LogP contribution in [0.15, 0.2) is 53.1 Å². The van der Waals surface area contributed by atoms with E-state index in [0.717, 1.165) is 12.7 Å². The van der Waals surface area contributed by atoms with Crippen molar-refractivity contribution in [2.75, 3.05) is 12.8 Å². The highest BCUT2D eigenvalue weighted by molar-refractivity contribution is 9.10. The summed E-state index contributed by atoms with van der Waals surface area (Å²) in [5.74, 6) is -0.529. The Bertz CT molecular complexity index is 1170. The van der Waals surface area contributed by atoms with Crippen LogP contribution in [0.3, 0.4) is 0 Å². The van der Waals surface area contributed by atoms with Crippen LogP contribution < -0.4 is 10.5 Å². The van der Waals surface area contributed by atoms with Crippen LogP contribution in [0.2, 0.25) is 0 Å². The van der Waals surface area contributed by atoms with Crippen molar-refractivity contribution in [3.05, 3.63) is 80.1 Å². The van der Waals surface area contributed by atoms with E-state index < -0.39 is 10.9 Å². The van der Waals surface area contributed by atoms with Gasteiger partial charge in [0.25, 0.3) is 5.69 Å². The number of nitriles is 1. The summed E-state index contributed by atoms with van der Waals surface area (Å²) >= 11 is 3.28. The summed E-state index contributed by atoms with van der Waals surface area (Å²) in [6.07, 6.45) is 1.25. The van der Waals surface area contributed by atoms with E-state index in [9.17, 15) is 20.2 Å². The van der Waals surface area contributed by atoms with Gasteiger partial charge in [-0.2, -0.15) is 5.26 Å². The second kappa shape index (κ2) is 8.67. The lowest BCUT2D eigenvalue weighted by molar-refractivity contribution is -0.384. The van der Waals surface area contributed by atoms with Crippen molar-refractivity contribution in [3.8, 4) is 17.5 Å². The summed E-state index contributed by atoms with van der Waals surface area (Å²) in [4.78, 5) is 23.3. The van der Waals surface area contributed by atoms with E-state index in [2.05, 4.69) is 15.9 Å². The summed E-state index contributed by atoms with van der Waals surface area (Å²) in [5, 5.41) is 21.0. The third kappa shape index (κ3) is 3.97. The van der Waals surface area contributed by atoms with E-state index in [1.54, 1.807) is 0 Å². The number of hydrogen-bond acceptors (Lipinski definition) is 7. The predicted octanol–water partition coefficient (Wildman–Crippen LogP) is 3.97. The number of ether oxygens (including phenoxy) is 2. The molecule has 0 fully saturated rings. The van der Waals surface area contributed by atoms with Gasteiger partial charge in [0.15, 0.2) is 5.69 Å². The van der Waals surface area contributed by atoms with E-state index >= 15 is 0 Å². The Kier molecular flexibility index (Phi) is 6.03. The van der Waals surface area contributed by atoms with Gasteiger partial charge in [0.05, 0.1) is 27.8 Å². The van der Waals surface area contributed by atoms with Gasteiger partial charge in [0.2, 0.25) is 0 Å². The third-order valence-corrected chi connectivity index (χ3v) is 4.89. The second-order valence-electron chi connectivity index (χ2n) is 6.08. The normalized spacial score (nSPS) is 10.3. The first-order chi connectivity index (χ1) is 14.4. The Labute approximate surface area is 179 Å². The lowest BCUT2D eigenvalue weighted by Crippen LogP contribution is -2.12. The molecule has 2 N–H and O–H groups in total. The Balaban J connectivity index is 2.15. The first-order valence-electron chi connectivity index (χ1n) is 8.51. The number of nitrogens with two attached hydrogens (primary N) is 1. The van der Waals surface area contributed by atoms with Crippen LogP contribution in [0.4, 0.5) is 11.4 Å². The maximum atomic E-state index is 12.3. The van der Waals surface area contributed by atoms with Gasteiger partial charge in [-0.15, -0.1) is 0 Å². The number of methoxy groups -OCH3 is 1. The molecule has 3 aromatic rings. The molecule has 0 aliphatic heterocycles. The summed E-state index contributed by atoms with van der Waals surface area (Å²) in [6.45, 7) is 0.220. The topological polar surface area (TPSA) is 133 Å². The summed E-state index contributed by atoms with van der Waals surface area (Å²) in [5.41, 5.74) is 6.15. The molecular weight excluding hydrogens is 456 g/mol. The average Bonchev–Trinajstić information content (AvgIpc) is 3.08. The molecule has 0 aliphatic rings. The molecule has 1 aromatic heterocycles. The SMILES string of the molecule is COC(=O)c1c(N)c(C#N)cn1-c1cc(OCc2ccccc2)c(Br)cc1[N+](=O)[O-]. The number of nitro benzene ring substituents is 1. The molecule has 0 spiro atoms. The first kappa shape index (κ1) is 20.9. The quantitative estimate of drug-likeness (QED) is 0.327. The molecule has 30 heavy (non-hydrogen) atoms. The maximum Gasteiger partial charge on any atom is 0.357 e. The van der Waals surface area contributed by atoms with Crippen LogP contribution in [-0.2, 0) is 11.3 Å². The van der Waals surface area contributed by atoms with Crippen LogP contribution in [0.25, 0.3) is 5.69 Å². The minimum Gasteiger partial charge on any atom is -0.488 e. The molecule has 0 unspecified atom stereocenters. The lowest BCUT2D eigenvalue weighted by Gasteiger charge is -2.13. The number of hydrogen-bond donors (Lipinski definition) is 1. The number of aromatic nitrogens is 1. The van der Waals surface area contributed by atoms with Crippen LogP contribution in [0, 0.1) is 21.4 Å². The van der Waals surface area contributed by atoms with Gasteiger partial charge in [-0.1, -0.05) is 30.3 Å². The Hall–Kier alpha value is -3.84. The highest BCUT2D eigenvalue weighted by Gasteiger charge is 2.27. The van der Waals surface area contributed by atoms with Crippen molar-refractivity contribution >= 4 is 33.3 Å². The molecule has 10 heteroatoms. The van der Waals surface area contributed by atoms with Gasteiger partial charge < -0.3 is 19.8 Å². The Morgan fingerprint density at radius 1 is 1.33 bits per heavy atom. The van der Waals surface area contributed by atoms with Gasteiger partial charge in [-0.05, 0) is 21.5 Å². The molecule has 0 amide bonds. The number of nitrogen functional groups attached to an aromatic ring is 1. The standard InChI is InChI=1S/C20H15BrN4O5/c1-29-20(26)19-18(23)13(9-22)10-24(19)15-8-17(14(21)7-16(15)25(27)28)30-11-12-5-3-2-4-6-12/h2-8,10H,11,23H2,1H3. The Morgan fingerprint density at radius 3 is 2.63 bits per heavy atom. The summed E-state index contributed by atoms with van der Waals surface area (Å²) in [6, 6.07) is 13.9. The number of esters is 1. The molecule has 2 aromatic carbocycles. The van der Waals surface area contributed by atoms with Crippen molar-refractivity contribution in [1.82, 2.24) is 4.57 Å². The molecule has 0 atom stereocenters. The number of halogens is 1. The van der Waals surface area contributed by atoms with Gasteiger partial charge in [-0.3, -0.25) is 10.1 Å². The zero-order valence-corrected chi connectivity index (χ0v) is 17.3. The number of rotatable bonds is 6. The van der Waals surface area contributed by atoms with E-state index in [4.69, 9.17) is 15.2 Å². The smallest absolute Gasteiger partial charge is 0.357 e. The third-order valence-electron chi connectivity index (χ3n) is 4.27. The van der Waals surface area contributed by atoms with Crippen LogP contribution >= 0.6 is 15.9 Å². The van der Waals surface area contributed by atoms with E-state index in [1.807, 2.05) is 36.4 Å². The number of benzene rings is 2. The molecule has 152 valence electrons. The zero-order chi connectivity index (χ0) is 21.8. The molecule has 3 rings (SSSR count). The van der Waals surface area contributed by atoms with Gasteiger partial charge >= 0.3 is 5.97 Å². The number of carbonyl (C=O) groups excluding carboxylic acids is 1. The molecule has 0 saturated carbocycles. The summed E-state index contributed by atoms with van der Waals surface area (Å²) in [7, 11) is 1.15. The molecule has 0 aliphatic carbocycles. The number of nitro groups is 1. The predicted molar refractivity (Wildman–Crippen MR) is 111 cm³/mol. The van der Waals surface area contributed by atoms with Gasteiger partial charge in [-0.25, -0.2) is 4.79 Å².